The number of rotatable bonds is 2. The molecular formula is C8H6IN2O2-. The van der Waals surface area contributed by atoms with Crippen molar-refractivity contribution in [3.63, 3.8) is 0 Å². The van der Waals surface area contributed by atoms with Crippen LogP contribution in [-0.2, 0) is 3.07 Å². The third kappa shape index (κ3) is 2.66. The molecule has 13 heavy (non-hydrogen) atoms. The molecule has 0 saturated heterocycles. The van der Waals surface area contributed by atoms with E-state index in [-0.39, 0.29) is 5.69 Å². The molecule has 0 N–H and O–H groups in total. The van der Waals surface area contributed by atoms with E-state index < -0.39 is 27.6 Å². The molecule has 68 valence electrons. The van der Waals surface area contributed by atoms with Gasteiger partial charge in [-0.2, -0.15) is 0 Å². The van der Waals surface area contributed by atoms with Crippen LogP contribution < -0.4 is 21.6 Å². The van der Waals surface area contributed by atoms with Gasteiger partial charge in [0.25, 0.3) is 0 Å². The van der Waals surface area contributed by atoms with E-state index in [1.165, 1.54) is 18.3 Å². The number of hydrogen-bond donors (Lipinski definition) is 0. The molecule has 0 aliphatic carbocycles. The van der Waals surface area contributed by atoms with E-state index in [0.717, 1.165) is 0 Å². The first-order chi connectivity index (χ1) is 6.27. The van der Waals surface area contributed by atoms with E-state index in [2.05, 4.69) is 4.98 Å². The molecule has 0 aliphatic heterocycles. The van der Waals surface area contributed by atoms with E-state index in [4.69, 9.17) is 8.33 Å². The van der Waals surface area contributed by atoms with Crippen molar-refractivity contribution in [1.29, 1.82) is 5.26 Å². The van der Waals surface area contributed by atoms with Crippen LogP contribution >= 0.6 is 0 Å². The first-order valence-corrected chi connectivity index (χ1v) is 6.38. The number of nitrogens with zero attached hydrogens (tertiary/aromatic N) is 2. The maximum atomic E-state index is 11.1. The quantitative estimate of drug-likeness (QED) is 0.455. The summed E-state index contributed by atoms with van der Waals surface area (Å²) in [5.41, 5.74) is 0.608. The Morgan fingerprint density at radius 1 is 1.77 bits per heavy atom. The van der Waals surface area contributed by atoms with Gasteiger partial charge < -0.3 is 0 Å². The second-order valence-corrected chi connectivity index (χ2v) is 3.38. The SMILES string of the molecule is C[I-]OC(=O)c1cc(C#N)ccn1. The molecule has 4 nitrogen and oxygen atoms in total. The van der Waals surface area contributed by atoms with Gasteiger partial charge >= 0.3 is 86.3 Å². The number of pyridine rings is 1. The average molecular weight is 289 g/mol. The van der Waals surface area contributed by atoms with Crippen LogP contribution in [0.25, 0.3) is 0 Å². The Bertz CT molecular complexity index is 359. The monoisotopic (exact) mass is 289 g/mol. The molecule has 5 heteroatoms. The summed E-state index contributed by atoms with van der Waals surface area (Å²) in [7, 11) is 0. The average Bonchev–Trinajstić information content (AvgIpc) is 2.18. The molecule has 0 saturated carbocycles. The molecule has 1 rings (SSSR count). The molecular weight excluding hydrogens is 283 g/mol. The number of carbonyl (C=O) groups is 1. The van der Waals surface area contributed by atoms with Crippen LogP contribution in [0.4, 0.5) is 0 Å². The Kier molecular flexibility index (Phi) is 3.64. The number of aromatic nitrogens is 1. The Balaban J connectivity index is 2.90. The molecule has 0 amide bonds. The summed E-state index contributed by atoms with van der Waals surface area (Å²) in [5.74, 6) is -0.451. The summed E-state index contributed by atoms with van der Waals surface area (Å²) in [6.45, 7) is 0. The van der Waals surface area contributed by atoms with Crippen molar-refractivity contribution >= 4 is 5.97 Å². The Labute approximate surface area is 86.4 Å². The zero-order chi connectivity index (χ0) is 9.68. The van der Waals surface area contributed by atoms with Crippen LogP contribution in [0.5, 0.6) is 0 Å². The number of nitriles is 1. The van der Waals surface area contributed by atoms with Gasteiger partial charge in [-0.1, -0.05) is 0 Å². The molecule has 0 aromatic carbocycles. The second kappa shape index (κ2) is 4.77. The first kappa shape index (κ1) is 9.92. The summed E-state index contributed by atoms with van der Waals surface area (Å²) in [4.78, 5) is 16.8. The maximum absolute atomic E-state index is 11.1. The summed E-state index contributed by atoms with van der Waals surface area (Å²) in [5, 5.41) is 8.55. The molecule has 0 radical (unpaired) electrons. The molecule has 1 aromatic rings. The van der Waals surface area contributed by atoms with Crippen molar-refractivity contribution < 1.29 is 29.5 Å². The van der Waals surface area contributed by atoms with Crippen LogP contribution in [0.1, 0.15) is 16.1 Å². The normalized spacial score (nSPS) is 9.23. The predicted octanol–water partition coefficient (Wildman–Crippen LogP) is -2.26. The fourth-order valence-electron chi connectivity index (χ4n) is 0.721. The topological polar surface area (TPSA) is 63.0 Å². The van der Waals surface area contributed by atoms with Crippen molar-refractivity contribution in [3.8, 4) is 6.07 Å². The van der Waals surface area contributed by atoms with E-state index in [9.17, 15) is 4.79 Å². The first-order valence-electron chi connectivity index (χ1n) is 3.35. The zero-order valence-corrected chi connectivity index (χ0v) is 8.98. The van der Waals surface area contributed by atoms with E-state index in [1.54, 1.807) is 0 Å². The van der Waals surface area contributed by atoms with Crippen molar-refractivity contribution in [2.24, 2.45) is 0 Å². The second-order valence-electron chi connectivity index (χ2n) is 2.06. The van der Waals surface area contributed by atoms with Gasteiger partial charge in [0, 0.05) is 0 Å². The van der Waals surface area contributed by atoms with Gasteiger partial charge in [0.1, 0.15) is 0 Å². The predicted molar refractivity (Wildman–Crippen MR) is 40.3 cm³/mol. The van der Waals surface area contributed by atoms with Gasteiger partial charge in [0.05, 0.1) is 0 Å². The summed E-state index contributed by atoms with van der Waals surface area (Å²) >= 11 is -0.545. The fraction of sp³-hybridized carbons (Fsp3) is 0.125. The molecule has 1 aromatic heterocycles. The van der Waals surface area contributed by atoms with Crippen molar-refractivity contribution in [3.05, 3.63) is 29.6 Å². The van der Waals surface area contributed by atoms with Crippen molar-refractivity contribution in [1.82, 2.24) is 4.98 Å². The fourth-order valence-corrected chi connectivity index (χ4v) is 1.35. The molecule has 0 atom stereocenters. The molecule has 0 bridgehead atoms. The molecule has 0 aliphatic rings. The summed E-state index contributed by atoms with van der Waals surface area (Å²) < 4.78 is 4.83. The molecule has 1 heterocycles. The van der Waals surface area contributed by atoms with Crippen LogP contribution in [0.3, 0.4) is 0 Å². The third-order valence-corrected chi connectivity index (χ3v) is 2.09. The van der Waals surface area contributed by atoms with E-state index in [0.29, 0.717) is 5.56 Å². The minimum atomic E-state index is -0.545. The van der Waals surface area contributed by atoms with Crippen molar-refractivity contribution in [2.75, 3.05) is 4.93 Å². The van der Waals surface area contributed by atoms with Gasteiger partial charge in [-0.3, -0.25) is 0 Å². The van der Waals surface area contributed by atoms with Gasteiger partial charge in [-0.05, 0) is 0 Å². The van der Waals surface area contributed by atoms with Gasteiger partial charge in [0.15, 0.2) is 0 Å². The molecule has 0 fully saturated rings. The number of hydrogen-bond acceptors (Lipinski definition) is 4. The molecule has 0 unspecified atom stereocenters. The van der Waals surface area contributed by atoms with Crippen LogP contribution in [0, 0.1) is 11.3 Å². The summed E-state index contributed by atoms with van der Waals surface area (Å²) in [6, 6.07) is 4.88. The number of carbonyl (C=O) groups excluding carboxylic acids is 1. The molecule has 0 spiro atoms. The minimum absolute atomic E-state index is 0.195. The van der Waals surface area contributed by atoms with E-state index in [1.807, 2.05) is 11.0 Å². The standard InChI is InChI=1S/C8H6IN2O2/c1-9-13-8(12)7-4-6(5-10)2-3-11-7/h2-4H,1H3/q-1. The Morgan fingerprint density at radius 2 is 2.54 bits per heavy atom. The Hall–Kier alpha value is -1.16. The van der Waals surface area contributed by atoms with E-state index >= 15 is 0 Å². The van der Waals surface area contributed by atoms with Crippen LogP contribution in [0.2, 0.25) is 0 Å². The Morgan fingerprint density at radius 3 is 3.15 bits per heavy atom. The van der Waals surface area contributed by atoms with Gasteiger partial charge in [-0.25, -0.2) is 0 Å². The van der Waals surface area contributed by atoms with Crippen LogP contribution in [-0.4, -0.2) is 15.9 Å². The van der Waals surface area contributed by atoms with Crippen LogP contribution in [0.15, 0.2) is 18.3 Å². The zero-order valence-electron chi connectivity index (χ0n) is 6.82. The third-order valence-electron chi connectivity index (χ3n) is 1.25. The number of halogens is 1. The van der Waals surface area contributed by atoms with Crippen molar-refractivity contribution in [2.45, 2.75) is 0 Å². The summed E-state index contributed by atoms with van der Waals surface area (Å²) in [6.07, 6.45) is 1.42. The number of alkyl halides is 1. The van der Waals surface area contributed by atoms with Gasteiger partial charge in [0.2, 0.25) is 0 Å². The van der Waals surface area contributed by atoms with Gasteiger partial charge in [-0.15, -0.1) is 0 Å².